The summed E-state index contributed by atoms with van der Waals surface area (Å²) in [5, 5.41) is 20.5. The lowest BCUT2D eigenvalue weighted by atomic mass is 9.92. The summed E-state index contributed by atoms with van der Waals surface area (Å²) >= 11 is 0. The highest BCUT2D eigenvalue weighted by Crippen LogP contribution is 2.33. The zero-order valence-corrected chi connectivity index (χ0v) is 23.3. The van der Waals surface area contributed by atoms with E-state index in [4.69, 9.17) is 20.3 Å². The Balaban J connectivity index is 1.38. The third-order valence-electron chi connectivity index (χ3n) is 7.07. The SMILES string of the molecule is CC(C)(C)c1cc(NC(=O)C(O)c2ccc(OCCN3CCOCC3)c3ccccc23)n(-c2cccc(N)c2)n1. The van der Waals surface area contributed by atoms with Gasteiger partial charge in [0, 0.05) is 42.2 Å². The van der Waals surface area contributed by atoms with Crippen LogP contribution < -0.4 is 15.8 Å². The van der Waals surface area contributed by atoms with Crippen molar-refractivity contribution >= 4 is 28.2 Å². The van der Waals surface area contributed by atoms with Gasteiger partial charge in [-0.1, -0.05) is 57.2 Å². The second-order valence-electron chi connectivity index (χ2n) is 11.1. The summed E-state index contributed by atoms with van der Waals surface area (Å²) < 4.78 is 13.2. The van der Waals surface area contributed by atoms with Crippen LogP contribution in [0.1, 0.15) is 38.1 Å². The van der Waals surface area contributed by atoms with E-state index >= 15 is 0 Å². The van der Waals surface area contributed by atoms with E-state index in [9.17, 15) is 9.90 Å². The van der Waals surface area contributed by atoms with Gasteiger partial charge in [-0.25, -0.2) is 4.68 Å². The molecule has 0 aliphatic carbocycles. The summed E-state index contributed by atoms with van der Waals surface area (Å²) in [6.45, 7) is 10.8. The molecular weight excluding hydrogens is 506 g/mol. The van der Waals surface area contributed by atoms with Crippen molar-refractivity contribution in [3.05, 3.63) is 78.0 Å². The first-order valence-corrected chi connectivity index (χ1v) is 13.6. The zero-order chi connectivity index (χ0) is 28.3. The topological polar surface area (TPSA) is 115 Å². The Bertz CT molecular complexity index is 1490. The average Bonchev–Trinajstić information content (AvgIpc) is 3.38. The fourth-order valence-corrected chi connectivity index (χ4v) is 4.79. The molecule has 1 aliphatic rings. The molecule has 9 nitrogen and oxygen atoms in total. The number of benzene rings is 3. The van der Waals surface area contributed by atoms with Crippen LogP contribution in [0, 0.1) is 0 Å². The van der Waals surface area contributed by atoms with E-state index in [0.717, 1.165) is 55.1 Å². The molecular formula is C31H37N5O4. The highest BCUT2D eigenvalue weighted by molar-refractivity contribution is 5.99. The summed E-state index contributed by atoms with van der Waals surface area (Å²) in [6.07, 6.45) is -1.41. The Hall–Kier alpha value is -3.92. The average molecular weight is 544 g/mol. The number of aromatic nitrogens is 2. The van der Waals surface area contributed by atoms with Crippen LogP contribution in [-0.4, -0.2) is 65.1 Å². The number of rotatable bonds is 8. The van der Waals surface area contributed by atoms with Gasteiger partial charge in [0.1, 0.15) is 18.2 Å². The van der Waals surface area contributed by atoms with E-state index in [1.807, 2.05) is 48.5 Å². The van der Waals surface area contributed by atoms with Crippen LogP contribution >= 0.6 is 0 Å². The van der Waals surface area contributed by atoms with Gasteiger partial charge < -0.3 is 25.6 Å². The van der Waals surface area contributed by atoms with Gasteiger partial charge in [-0.3, -0.25) is 9.69 Å². The summed E-state index contributed by atoms with van der Waals surface area (Å²) in [6, 6.07) is 20.3. The normalized spacial score (nSPS) is 15.2. The molecule has 4 N–H and O–H groups in total. The number of amides is 1. The second-order valence-corrected chi connectivity index (χ2v) is 11.1. The molecule has 1 fully saturated rings. The van der Waals surface area contributed by atoms with E-state index in [1.165, 1.54) is 0 Å². The number of morpholine rings is 1. The van der Waals surface area contributed by atoms with Crippen LogP contribution in [0.15, 0.2) is 66.7 Å². The Kier molecular flexibility index (Phi) is 8.07. The van der Waals surface area contributed by atoms with Gasteiger partial charge in [0.25, 0.3) is 5.91 Å². The minimum atomic E-state index is -1.41. The molecule has 40 heavy (non-hydrogen) atoms. The van der Waals surface area contributed by atoms with E-state index in [1.54, 1.807) is 22.9 Å². The van der Waals surface area contributed by atoms with Gasteiger partial charge in [-0.15, -0.1) is 0 Å². The van der Waals surface area contributed by atoms with Gasteiger partial charge in [0.15, 0.2) is 6.10 Å². The first-order valence-electron chi connectivity index (χ1n) is 13.6. The maximum Gasteiger partial charge on any atom is 0.259 e. The number of aliphatic hydroxyl groups excluding tert-OH is 1. The van der Waals surface area contributed by atoms with Crippen LogP contribution in [0.2, 0.25) is 0 Å². The number of hydrogen-bond donors (Lipinski definition) is 3. The van der Waals surface area contributed by atoms with E-state index in [2.05, 4.69) is 31.0 Å². The minimum absolute atomic E-state index is 0.253. The van der Waals surface area contributed by atoms with Gasteiger partial charge in [-0.2, -0.15) is 5.10 Å². The first kappa shape index (κ1) is 27.6. The predicted octanol–water partition coefficient (Wildman–Crippen LogP) is 4.29. The second kappa shape index (κ2) is 11.7. The van der Waals surface area contributed by atoms with Crippen molar-refractivity contribution in [3.63, 3.8) is 0 Å². The number of nitrogens with two attached hydrogens (primary N) is 1. The van der Waals surface area contributed by atoms with Crippen LogP contribution in [0.4, 0.5) is 11.5 Å². The number of nitrogens with one attached hydrogen (secondary N) is 1. The van der Waals surface area contributed by atoms with Gasteiger partial charge in [0.05, 0.1) is 24.6 Å². The molecule has 2 heterocycles. The minimum Gasteiger partial charge on any atom is -0.492 e. The van der Waals surface area contributed by atoms with E-state index in [0.29, 0.717) is 29.4 Å². The number of carbonyl (C=O) groups is 1. The Morgan fingerprint density at radius 3 is 2.55 bits per heavy atom. The van der Waals surface area contributed by atoms with Gasteiger partial charge >= 0.3 is 0 Å². The summed E-state index contributed by atoms with van der Waals surface area (Å²) in [5.41, 5.74) is 8.35. The number of aliphatic hydroxyl groups is 1. The number of nitrogens with zero attached hydrogens (tertiary/aromatic N) is 3. The van der Waals surface area contributed by atoms with Crippen LogP contribution in [0.5, 0.6) is 5.75 Å². The Labute approximate surface area is 234 Å². The van der Waals surface area contributed by atoms with Gasteiger partial charge in [-0.05, 0) is 35.2 Å². The van der Waals surface area contributed by atoms with Crippen molar-refractivity contribution in [2.24, 2.45) is 0 Å². The summed E-state index contributed by atoms with van der Waals surface area (Å²) in [5.74, 6) is 0.610. The Morgan fingerprint density at radius 1 is 1.07 bits per heavy atom. The molecule has 0 saturated carbocycles. The number of carbonyl (C=O) groups excluding carboxylic acids is 1. The van der Waals surface area contributed by atoms with Crippen molar-refractivity contribution in [1.29, 1.82) is 0 Å². The highest BCUT2D eigenvalue weighted by atomic mass is 16.5. The number of fused-ring (bicyclic) bond motifs is 1. The quantitative estimate of drug-likeness (QED) is 0.284. The summed E-state index contributed by atoms with van der Waals surface area (Å²) in [4.78, 5) is 15.7. The lowest BCUT2D eigenvalue weighted by Gasteiger charge is -2.26. The van der Waals surface area contributed by atoms with Gasteiger partial charge in [0.2, 0.25) is 0 Å². The van der Waals surface area contributed by atoms with Crippen LogP contribution in [0.3, 0.4) is 0 Å². The van der Waals surface area contributed by atoms with E-state index in [-0.39, 0.29) is 5.41 Å². The first-order chi connectivity index (χ1) is 19.2. The number of ether oxygens (including phenoxy) is 2. The fourth-order valence-electron chi connectivity index (χ4n) is 4.79. The summed E-state index contributed by atoms with van der Waals surface area (Å²) in [7, 11) is 0. The van der Waals surface area contributed by atoms with Crippen LogP contribution in [-0.2, 0) is 14.9 Å². The molecule has 0 radical (unpaired) electrons. The van der Waals surface area contributed by atoms with Crippen molar-refractivity contribution in [3.8, 4) is 11.4 Å². The maximum absolute atomic E-state index is 13.4. The molecule has 1 atom stereocenters. The molecule has 4 aromatic rings. The number of hydrogen-bond acceptors (Lipinski definition) is 7. The van der Waals surface area contributed by atoms with E-state index < -0.39 is 12.0 Å². The van der Waals surface area contributed by atoms with Crippen molar-refractivity contribution in [2.45, 2.75) is 32.3 Å². The molecule has 5 rings (SSSR count). The molecule has 210 valence electrons. The highest BCUT2D eigenvalue weighted by Gasteiger charge is 2.25. The smallest absolute Gasteiger partial charge is 0.259 e. The molecule has 1 aromatic heterocycles. The van der Waals surface area contributed by atoms with Crippen molar-refractivity contribution in [1.82, 2.24) is 14.7 Å². The number of nitrogen functional groups attached to an aromatic ring is 1. The largest absolute Gasteiger partial charge is 0.492 e. The lowest BCUT2D eigenvalue weighted by Crippen LogP contribution is -2.38. The molecule has 1 unspecified atom stereocenters. The third kappa shape index (κ3) is 6.12. The fraction of sp³-hybridized carbons (Fsp3) is 0.355. The molecule has 1 aliphatic heterocycles. The lowest BCUT2D eigenvalue weighted by molar-refractivity contribution is -0.124. The monoisotopic (exact) mass is 543 g/mol. The van der Waals surface area contributed by atoms with Crippen LogP contribution in [0.25, 0.3) is 16.5 Å². The molecule has 1 amide bonds. The molecule has 1 saturated heterocycles. The molecule has 0 bridgehead atoms. The predicted molar refractivity (Wildman–Crippen MR) is 157 cm³/mol. The molecule has 0 spiro atoms. The maximum atomic E-state index is 13.4. The molecule has 9 heteroatoms. The van der Waals surface area contributed by atoms with Crippen molar-refractivity contribution in [2.75, 3.05) is 50.5 Å². The Morgan fingerprint density at radius 2 is 1.82 bits per heavy atom. The zero-order valence-electron chi connectivity index (χ0n) is 23.3. The standard InChI is InChI=1S/C31H37N5O4/c1-31(2,3)27-20-28(36(34-27)22-8-6-7-21(32)19-22)33-30(38)29(37)25-11-12-26(24-10-5-4-9-23(24)25)40-18-15-35-13-16-39-17-14-35/h4-12,19-20,29,37H,13-18,32H2,1-3H3,(H,33,38). The van der Waals surface area contributed by atoms with Crippen molar-refractivity contribution < 1.29 is 19.4 Å². The molecule has 3 aromatic carbocycles. The number of anilines is 2. The third-order valence-corrected chi connectivity index (χ3v) is 7.07.